The van der Waals surface area contributed by atoms with Gasteiger partial charge in [-0.1, -0.05) is 78.4 Å². The summed E-state index contributed by atoms with van der Waals surface area (Å²) < 4.78 is 12.4. The van der Waals surface area contributed by atoms with Crippen molar-refractivity contribution in [3.8, 4) is 17.2 Å². The molecular weight excluding hydrogens is 468 g/mol. The first-order valence-electron chi connectivity index (χ1n) is 12.9. The highest BCUT2D eigenvalue weighted by Crippen LogP contribution is 2.60. The third kappa shape index (κ3) is 3.39. The first-order chi connectivity index (χ1) is 18.6. The van der Waals surface area contributed by atoms with Gasteiger partial charge in [0, 0.05) is 34.1 Å². The zero-order valence-electron chi connectivity index (χ0n) is 21.3. The van der Waals surface area contributed by atoms with Crippen LogP contribution in [0.3, 0.4) is 0 Å². The summed E-state index contributed by atoms with van der Waals surface area (Å²) in [4.78, 5) is 13.0. The molecule has 0 aliphatic heterocycles. The highest BCUT2D eigenvalue weighted by atomic mass is 16.5. The second-order valence-corrected chi connectivity index (χ2v) is 10.0. The molecule has 0 atom stereocenters. The summed E-state index contributed by atoms with van der Waals surface area (Å²) in [6, 6.07) is 36.5. The van der Waals surface area contributed by atoms with Crippen molar-refractivity contribution in [2.24, 2.45) is 0 Å². The fourth-order valence-corrected chi connectivity index (χ4v) is 6.16. The molecule has 0 saturated carbocycles. The molecular formula is C35H26O3. The number of hydrogen-bond acceptors (Lipinski definition) is 3. The van der Waals surface area contributed by atoms with E-state index in [1.54, 1.807) is 7.11 Å². The molecule has 0 amide bonds. The van der Waals surface area contributed by atoms with Gasteiger partial charge in [0.25, 0.3) is 0 Å². The molecule has 8 rings (SSSR count). The van der Waals surface area contributed by atoms with Crippen LogP contribution in [0.4, 0.5) is 0 Å². The molecule has 0 saturated heterocycles. The fourth-order valence-electron chi connectivity index (χ4n) is 6.16. The number of carbonyl (C=O) groups excluding carboxylic acids is 1. The van der Waals surface area contributed by atoms with E-state index in [1.807, 2.05) is 67.6 Å². The predicted octanol–water partition coefficient (Wildman–Crippen LogP) is 8.01. The second kappa shape index (κ2) is 8.74. The van der Waals surface area contributed by atoms with E-state index >= 15 is 0 Å². The van der Waals surface area contributed by atoms with Crippen molar-refractivity contribution < 1.29 is 14.3 Å². The van der Waals surface area contributed by atoms with Gasteiger partial charge in [0.1, 0.15) is 17.2 Å². The third-order valence-corrected chi connectivity index (χ3v) is 7.90. The molecule has 3 nitrogen and oxygen atoms in total. The number of ether oxygens (including phenoxy) is 2. The zero-order valence-corrected chi connectivity index (χ0v) is 21.3. The van der Waals surface area contributed by atoms with E-state index < -0.39 is 0 Å². The number of benzene rings is 5. The Balaban J connectivity index is 1.29. The van der Waals surface area contributed by atoms with Gasteiger partial charge in [0.05, 0.1) is 7.11 Å². The van der Waals surface area contributed by atoms with Crippen LogP contribution in [-0.4, -0.2) is 12.9 Å². The molecule has 0 fully saturated rings. The number of aryl methyl sites for hydroxylation is 1. The van der Waals surface area contributed by atoms with E-state index in [0.29, 0.717) is 16.9 Å². The van der Waals surface area contributed by atoms with Crippen LogP contribution in [-0.2, 0) is 0 Å². The van der Waals surface area contributed by atoms with Crippen molar-refractivity contribution in [1.82, 2.24) is 0 Å². The van der Waals surface area contributed by atoms with E-state index in [4.69, 9.17) is 9.47 Å². The van der Waals surface area contributed by atoms with Crippen molar-refractivity contribution in [2.45, 2.75) is 18.8 Å². The van der Waals surface area contributed by atoms with Crippen LogP contribution >= 0.6 is 0 Å². The average Bonchev–Trinajstić information content (AvgIpc) is 2.97. The largest absolute Gasteiger partial charge is 0.496 e. The summed E-state index contributed by atoms with van der Waals surface area (Å²) in [5.74, 6) is 2.55. The van der Waals surface area contributed by atoms with Crippen LogP contribution in [0.1, 0.15) is 66.7 Å². The van der Waals surface area contributed by atoms with Gasteiger partial charge >= 0.3 is 0 Å². The Kier molecular flexibility index (Phi) is 5.19. The van der Waals surface area contributed by atoms with Crippen molar-refractivity contribution in [3.63, 3.8) is 0 Å². The van der Waals surface area contributed by atoms with Gasteiger partial charge in [-0.05, 0) is 65.6 Å². The maximum Gasteiger partial charge on any atom is 0.193 e. The number of methoxy groups -OCH3 is 1. The lowest BCUT2D eigenvalue weighted by Gasteiger charge is -2.43. The van der Waals surface area contributed by atoms with E-state index in [9.17, 15) is 4.79 Å². The lowest BCUT2D eigenvalue weighted by molar-refractivity contribution is 0.103. The van der Waals surface area contributed by atoms with Gasteiger partial charge < -0.3 is 9.47 Å². The van der Waals surface area contributed by atoms with E-state index in [2.05, 4.69) is 48.5 Å². The van der Waals surface area contributed by atoms with Crippen LogP contribution < -0.4 is 9.47 Å². The van der Waals surface area contributed by atoms with Gasteiger partial charge in [-0.3, -0.25) is 4.79 Å². The maximum absolute atomic E-state index is 13.0. The van der Waals surface area contributed by atoms with Gasteiger partial charge in [-0.15, -0.1) is 0 Å². The summed E-state index contributed by atoms with van der Waals surface area (Å²) in [5, 5.41) is 0. The summed E-state index contributed by atoms with van der Waals surface area (Å²) in [5.41, 5.74) is 10.1. The normalized spacial score (nSPS) is 16.3. The molecule has 0 heterocycles. The minimum atomic E-state index is 0.00361. The number of ketones is 1. The minimum Gasteiger partial charge on any atom is -0.496 e. The molecule has 3 heteroatoms. The SMILES string of the molecule is COc1ccc(Oc2ccc(C(=O)c3ccc(C)cc3)cc2)c2c1C1c3ccccc3C2c2ccccc21. The molecule has 3 aliphatic carbocycles. The number of rotatable bonds is 5. The maximum atomic E-state index is 13.0. The number of carbonyl (C=O) groups is 1. The Morgan fingerprint density at radius 2 is 1.03 bits per heavy atom. The van der Waals surface area contributed by atoms with Gasteiger partial charge in [0.15, 0.2) is 5.78 Å². The Morgan fingerprint density at radius 3 is 1.53 bits per heavy atom. The zero-order chi connectivity index (χ0) is 25.8. The van der Waals surface area contributed by atoms with Crippen LogP contribution in [0.15, 0.2) is 109 Å². The molecule has 5 aromatic carbocycles. The molecule has 0 unspecified atom stereocenters. The van der Waals surface area contributed by atoms with E-state index in [0.717, 1.165) is 22.6 Å². The molecule has 5 aromatic rings. The molecule has 184 valence electrons. The minimum absolute atomic E-state index is 0.00361. The van der Waals surface area contributed by atoms with Crippen LogP contribution in [0.2, 0.25) is 0 Å². The highest BCUT2D eigenvalue weighted by molar-refractivity contribution is 6.09. The lowest BCUT2D eigenvalue weighted by atomic mass is 9.60. The Morgan fingerprint density at radius 1 is 0.579 bits per heavy atom. The predicted molar refractivity (Wildman–Crippen MR) is 149 cm³/mol. The smallest absolute Gasteiger partial charge is 0.193 e. The van der Waals surface area contributed by atoms with Crippen molar-refractivity contribution in [3.05, 3.63) is 159 Å². The second-order valence-electron chi connectivity index (χ2n) is 10.0. The average molecular weight is 495 g/mol. The number of hydrogen-bond donors (Lipinski definition) is 0. The summed E-state index contributed by atoms with van der Waals surface area (Å²) in [6.07, 6.45) is 0. The summed E-state index contributed by atoms with van der Waals surface area (Å²) in [7, 11) is 1.74. The van der Waals surface area contributed by atoms with Gasteiger partial charge in [-0.2, -0.15) is 0 Å². The van der Waals surface area contributed by atoms with Crippen molar-refractivity contribution in [2.75, 3.05) is 7.11 Å². The molecule has 38 heavy (non-hydrogen) atoms. The summed E-state index contributed by atoms with van der Waals surface area (Å²) in [6.45, 7) is 2.02. The quantitative estimate of drug-likeness (QED) is 0.227. The van der Waals surface area contributed by atoms with Crippen molar-refractivity contribution >= 4 is 5.78 Å². The van der Waals surface area contributed by atoms with Gasteiger partial charge in [-0.25, -0.2) is 0 Å². The molecule has 0 radical (unpaired) electrons. The first-order valence-corrected chi connectivity index (χ1v) is 12.9. The lowest BCUT2D eigenvalue weighted by Crippen LogP contribution is -2.28. The van der Waals surface area contributed by atoms with Crippen molar-refractivity contribution in [1.29, 1.82) is 0 Å². The monoisotopic (exact) mass is 494 g/mol. The fraction of sp³-hybridized carbons (Fsp3) is 0.114. The topological polar surface area (TPSA) is 35.5 Å². The molecule has 0 spiro atoms. The van der Waals surface area contributed by atoms with Crippen LogP contribution in [0.25, 0.3) is 0 Å². The summed E-state index contributed by atoms with van der Waals surface area (Å²) >= 11 is 0. The van der Waals surface area contributed by atoms with Crippen LogP contribution in [0.5, 0.6) is 17.2 Å². The van der Waals surface area contributed by atoms with Crippen LogP contribution in [0, 0.1) is 6.92 Å². The molecule has 0 N–H and O–H groups in total. The van der Waals surface area contributed by atoms with E-state index in [-0.39, 0.29) is 17.6 Å². The standard InChI is InChI=1S/C35H26O3/c1-21-11-13-22(14-12-21)35(36)23-15-17-24(18-16-23)38-30-20-19-29(37-2)33-31-25-7-3-5-9-27(25)32(34(30)33)28-10-6-4-8-26(28)31/h3-20,31-32H,1-2H3. The van der Waals surface area contributed by atoms with E-state index in [1.165, 1.54) is 27.8 Å². The Hall–Kier alpha value is -4.63. The van der Waals surface area contributed by atoms with Gasteiger partial charge in [0.2, 0.25) is 0 Å². The third-order valence-electron chi connectivity index (χ3n) is 7.90. The first kappa shape index (κ1) is 22.6. The molecule has 3 aliphatic rings. The molecule has 2 bridgehead atoms. The highest BCUT2D eigenvalue weighted by Gasteiger charge is 2.44. The Labute approximate surface area is 222 Å². The molecule has 0 aromatic heterocycles. The Bertz CT molecular complexity index is 1650.